The highest BCUT2D eigenvalue weighted by atomic mass is 127. The summed E-state index contributed by atoms with van der Waals surface area (Å²) < 4.78 is 26.8. The smallest absolute Gasteiger partial charge is 0.193 e. The van der Waals surface area contributed by atoms with Crippen LogP contribution >= 0.6 is 35.3 Å². The molecule has 2 heterocycles. The molecule has 0 saturated carbocycles. The number of hydrogen-bond acceptors (Lipinski definition) is 4. The van der Waals surface area contributed by atoms with E-state index in [-0.39, 0.29) is 35.6 Å². The molecule has 1 fully saturated rings. The topological polar surface area (TPSA) is 66.5 Å². The van der Waals surface area contributed by atoms with Gasteiger partial charge in [0.1, 0.15) is 11.6 Å². The van der Waals surface area contributed by atoms with Crippen molar-refractivity contribution in [2.24, 2.45) is 16.6 Å². The Kier molecular flexibility index (Phi) is 8.36. The van der Waals surface area contributed by atoms with Gasteiger partial charge in [-0.05, 0) is 50.9 Å². The van der Waals surface area contributed by atoms with Crippen molar-refractivity contribution in [1.29, 1.82) is 0 Å². The van der Waals surface area contributed by atoms with Crippen LogP contribution in [-0.4, -0.2) is 35.5 Å². The summed E-state index contributed by atoms with van der Waals surface area (Å²) in [7, 11) is 0. The highest BCUT2D eigenvalue weighted by molar-refractivity contribution is 14.0. The van der Waals surface area contributed by atoms with Crippen LogP contribution in [0, 0.1) is 24.5 Å². The van der Waals surface area contributed by atoms with E-state index in [1.165, 1.54) is 0 Å². The van der Waals surface area contributed by atoms with Gasteiger partial charge in [-0.15, -0.1) is 35.3 Å². The standard InChI is InChI=1S/C18H23F2N5S.HI/c1-12-23-15(11-26-12)10-25-6-4-13(5-7-25)9-22-18(21)24-17-8-14(19)2-3-16(17)20;/h2-3,8,11,13H,4-7,9-10H2,1H3,(H3,21,22,24);1H. The molecule has 0 aliphatic carbocycles. The summed E-state index contributed by atoms with van der Waals surface area (Å²) in [6.07, 6.45) is 2.07. The molecule has 0 atom stereocenters. The Morgan fingerprint density at radius 1 is 1.37 bits per heavy atom. The highest BCUT2D eigenvalue weighted by Gasteiger charge is 2.19. The summed E-state index contributed by atoms with van der Waals surface area (Å²) in [5.74, 6) is -0.532. The largest absolute Gasteiger partial charge is 0.370 e. The van der Waals surface area contributed by atoms with E-state index in [2.05, 4.69) is 25.6 Å². The number of piperidine rings is 1. The van der Waals surface area contributed by atoms with Crippen LogP contribution in [-0.2, 0) is 6.54 Å². The molecule has 27 heavy (non-hydrogen) atoms. The van der Waals surface area contributed by atoms with Crippen molar-refractivity contribution in [3.8, 4) is 0 Å². The van der Waals surface area contributed by atoms with Gasteiger partial charge in [0, 0.05) is 24.5 Å². The Morgan fingerprint density at radius 2 is 2.11 bits per heavy atom. The van der Waals surface area contributed by atoms with E-state index in [4.69, 9.17) is 5.73 Å². The fourth-order valence-corrected chi connectivity index (χ4v) is 3.64. The minimum absolute atomic E-state index is 0. The predicted octanol–water partition coefficient (Wildman–Crippen LogP) is 3.99. The van der Waals surface area contributed by atoms with Gasteiger partial charge in [-0.2, -0.15) is 0 Å². The molecule has 2 aromatic rings. The van der Waals surface area contributed by atoms with Crippen LogP contribution in [0.25, 0.3) is 0 Å². The number of aliphatic imine (C=N–C) groups is 1. The summed E-state index contributed by atoms with van der Waals surface area (Å²) in [4.78, 5) is 11.2. The second-order valence-electron chi connectivity index (χ2n) is 6.55. The average molecular weight is 507 g/mol. The molecule has 1 saturated heterocycles. The Morgan fingerprint density at radius 3 is 2.78 bits per heavy atom. The van der Waals surface area contributed by atoms with E-state index in [1.54, 1.807) is 11.3 Å². The lowest BCUT2D eigenvalue weighted by Gasteiger charge is -2.30. The first kappa shape index (κ1) is 22.0. The van der Waals surface area contributed by atoms with Crippen LogP contribution in [0.4, 0.5) is 14.5 Å². The Balaban J connectivity index is 0.00000261. The molecular formula is C18H24F2IN5S. The normalized spacial score (nSPS) is 16.2. The maximum Gasteiger partial charge on any atom is 0.193 e. The molecule has 3 N–H and O–H groups in total. The first-order chi connectivity index (χ1) is 12.5. The highest BCUT2D eigenvalue weighted by Crippen LogP contribution is 2.20. The van der Waals surface area contributed by atoms with E-state index in [1.807, 2.05) is 6.92 Å². The Hall–Kier alpha value is -1.33. The van der Waals surface area contributed by atoms with Crippen LogP contribution in [0.2, 0.25) is 0 Å². The van der Waals surface area contributed by atoms with Crippen LogP contribution in [0.3, 0.4) is 0 Å². The van der Waals surface area contributed by atoms with Crippen molar-refractivity contribution in [2.45, 2.75) is 26.3 Å². The molecule has 9 heteroatoms. The lowest BCUT2D eigenvalue weighted by molar-refractivity contribution is 0.179. The van der Waals surface area contributed by atoms with E-state index in [0.717, 1.165) is 61.4 Å². The molecule has 1 aliphatic heterocycles. The number of nitrogens with one attached hydrogen (secondary N) is 1. The van der Waals surface area contributed by atoms with Crippen LogP contribution in [0.1, 0.15) is 23.5 Å². The SMILES string of the molecule is Cc1nc(CN2CCC(CN=C(N)Nc3cc(F)ccc3F)CC2)cs1.I. The molecule has 148 valence electrons. The molecule has 5 nitrogen and oxygen atoms in total. The van der Waals surface area contributed by atoms with E-state index >= 15 is 0 Å². The zero-order valence-corrected chi connectivity index (χ0v) is 18.3. The van der Waals surface area contributed by atoms with Crippen LogP contribution in [0.5, 0.6) is 0 Å². The van der Waals surface area contributed by atoms with Crippen LogP contribution in [0.15, 0.2) is 28.6 Å². The number of nitrogens with two attached hydrogens (primary N) is 1. The van der Waals surface area contributed by atoms with Crippen molar-refractivity contribution in [2.75, 3.05) is 25.0 Å². The summed E-state index contributed by atoms with van der Waals surface area (Å²) in [6.45, 7) is 5.50. The maximum absolute atomic E-state index is 13.6. The molecule has 0 unspecified atom stereocenters. The number of aryl methyl sites for hydroxylation is 1. The van der Waals surface area contributed by atoms with Crippen LogP contribution < -0.4 is 11.1 Å². The zero-order valence-electron chi connectivity index (χ0n) is 15.1. The predicted molar refractivity (Wildman–Crippen MR) is 117 cm³/mol. The molecule has 1 aromatic heterocycles. The Labute approximate surface area is 179 Å². The molecule has 0 bridgehead atoms. The average Bonchev–Trinajstić information content (AvgIpc) is 3.02. The number of guanidine groups is 1. The molecule has 3 rings (SSSR count). The number of nitrogens with zero attached hydrogens (tertiary/aromatic N) is 3. The number of benzene rings is 1. The lowest BCUT2D eigenvalue weighted by atomic mass is 9.97. The van der Waals surface area contributed by atoms with Crippen molar-refractivity contribution >= 4 is 47.0 Å². The number of thiazole rings is 1. The summed E-state index contributed by atoms with van der Waals surface area (Å²) in [5.41, 5.74) is 6.94. The van der Waals surface area contributed by atoms with Crippen molar-refractivity contribution < 1.29 is 8.78 Å². The third kappa shape index (κ3) is 6.65. The number of aromatic nitrogens is 1. The zero-order chi connectivity index (χ0) is 18.5. The third-order valence-electron chi connectivity index (χ3n) is 4.47. The third-order valence-corrected chi connectivity index (χ3v) is 5.29. The van der Waals surface area contributed by atoms with E-state index < -0.39 is 11.6 Å². The van der Waals surface area contributed by atoms with E-state index in [0.29, 0.717) is 12.5 Å². The molecule has 1 aliphatic rings. The van der Waals surface area contributed by atoms with Gasteiger partial charge in [0.25, 0.3) is 0 Å². The number of anilines is 1. The summed E-state index contributed by atoms with van der Waals surface area (Å²) in [6, 6.07) is 3.19. The number of likely N-dealkylation sites (tertiary alicyclic amines) is 1. The van der Waals surface area contributed by atoms with Crippen molar-refractivity contribution in [1.82, 2.24) is 9.88 Å². The first-order valence-corrected chi connectivity index (χ1v) is 9.53. The lowest BCUT2D eigenvalue weighted by Crippen LogP contribution is -2.34. The maximum atomic E-state index is 13.6. The quantitative estimate of drug-likeness (QED) is 0.365. The molecule has 0 radical (unpaired) electrons. The summed E-state index contributed by atoms with van der Waals surface area (Å²) in [5, 5.41) is 5.84. The van der Waals surface area contributed by atoms with Gasteiger partial charge in [0.2, 0.25) is 0 Å². The van der Waals surface area contributed by atoms with Gasteiger partial charge >= 0.3 is 0 Å². The number of hydrogen-bond donors (Lipinski definition) is 2. The van der Waals surface area contributed by atoms with Gasteiger partial charge in [-0.3, -0.25) is 9.89 Å². The fraction of sp³-hybridized carbons (Fsp3) is 0.444. The minimum Gasteiger partial charge on any atom is -0.370 e. The summed E-state index contributed by atoms with van der Waals surface area (Å²) >= 11 is 1.68. The molecular weight excluding hydrogens is 483 g/mol. The second kappa shape index (κ2) is 10.3. The molecule has 0 spiro atoms. The first-order valence-electron chi connectivity index (χ1n) is 8.65. The second-order valence-corrected chi connectivity index (χ2v) is 7.61. The van der Waals surface area contributed by atoms with E-state index in [9.17, 15) is 8.78 Å². The van der Waals surface area contributed by atoms with Gasteiger partial charge in [-0.25, -0.2) is 13.8 Å². The minimum atomic E-state index is -0.560. The molecule has 1 aromatic carbocycles. The van der Waals surface area contributed by atoms with Gasteiger partial charge < -0.3 is 11.1 Å². The fourth-order valence-electron chi connectivity index (χ4n) is 3.04. The number of rotatable bonds is 5. The van der Waals surface area contributed by atoms with Crippen molar-refractivity contribution in [3.63, 3.8) is 0 Å². The van der Waals surface area contributed by atoms with Crippen molar-refractivity contribution in [3.05, 3.63) is 45.9 Å². The number of halogens is 3. The van der Waals surface area contributed by atoms with Gasteiger partial charge in [-0.1, -0.05) is 0 Å². The molecule has 0 amide bonds. The van der Waals surface area contributed by atoms with Gasteiger partial charge in [0.15, 0.2) is 5.96 Å². The monoisotopic (exact) mass is 507 g/mol. The Bertz CT molecular complexity index is 775. The van der Waals surface area contributed by atoms with Gasteiger partial charge in [0.05, 0.1) is 16.4 Å².